The van der Waals surface area contributed by atoms with E-state index in [4.69, 9.17) is 4.74 Å². The monoisotopic (exact) mass is 412 g/mol. The van der Waals surface area contributed by atoms with Gasteiger partial charge in [-0.2, -0.15) is 8.78 Å². The van der Waals surface area contributed by atoms with Gasteiger partial charge in [0, 0.05) is 5.56 Å². The maximum atomic E-state index is 12.8. The number of benzene rings is 3. The number of aliphatic hydroxyl groups is 1. The standard InChI is InChI=1S/C23H18F2O5/c24-22(25)30-19-13-11-16(12-14-19)20(26)15-29-21(27)23(28,17-7-3-1-4-8-17)18-9-5-2-6-10-18/h1-14,22,28H,15H2. The van der Waals surface area contributed by atoms with Crippen molar-refractivity contribution in [2.75, 3.05) is 6.61 Å². The van der Waals surface area contributed by atoms with Crippen LogP contribution < -0.4 is 4.74 Å². The number of carbonyl (C=O) groups excluding carboxylic acids is 2. The first kappa shape index (κ1) is 21.1. The number of ketones is 1. The molecule has 1 N–H and O–H groups in total. The van der Waals surface area contributed by atoms with Crippen molar-refractivity contribution in [2.45, 2.75) is 12.2 Å². The van der Waals surface area contributed by atoms with Gasteiger partial charge in [-0.15, -0.1) is 0 Å². The van der Waals surface area contributed by atoms with E-state index in [1.165, 1.54) is 24.3 Å². The fourth-order valence-electron chi connectivity index (χ4n) is 2.90. The van der Waals surface area contributed by atoms with E-state index in [9.17, 15) is 23.5 Å². The average molecular weight is 412 g/mol. The Kier molecular flexibility index (Phi) is 6.54. The third-order valence-corrected chi connectivity index (χ3v) is 4.41. The van der Waals surface area contributed by atoms with Crippen molar-refractivity contribution < 1.29 is 33.0 Å². The van der Waals surface area contributed by atoms with Gasteiger partial charge in [0.05, 0.1) is 0 Å². The molecule has 0 aromatic heterocycles. The van der Waals surface area contributed by atoms with Crippen molar-refractivity contribution in [2.24, 2.45) is 0 Å². The molecule has 0 radical (unpaired) electrons. The van der Waals surface area contributed by atoms with Crippen molar-refractivity contribution in [3.8, 4) is 5.75 Å². The first-order valence-electron chi connectivity index (χ1n) is 9.00. The lowest BCUT2D eigenvalue weighted by Gasteiger charge is -2.26. The van der Waals surface area contributed by atoms with Crippen LogP contribution in [0, 0.1) is 0 Å². The highest BCUT2D eigenvalue weighted by atomic mass is 19.3. The van der Waals surface area contributed by atoms with E-state index >= 15 is 0 Å². The minimum Gasteiger partial charge on any atom is -0.455 e. The Bertz CT molecular complexity index is 950. The van der Waals surface area contributed by atoms with Crippen molar-refractivity contribution in [1.29, 1.82) is 0 Å². The fraction of sp³-hybridized carbons (Fsp3) is 0.130. The minimum absolute atomic E-state index is 0.0962. The second kappa shape index (κ2) is 9.28. The molecule has 0 aliphatic rings. The molecule has 0 aliphatic carbocycles. The molecule has 0 aliphatic heterocycles. The Morgan fingerprint density at radius 2 is 1.33 bits per heavy atom. The molecule has 3 rings (SSSR count). The summed E-state index contributed by atoms with van der Waals surface area (Å²) in [7, 11) is 0. The summed E-state index contributed by atoms with van der Waals surface area (Å²) in [5.41, 5.74) is -1.37. The smallest absolute Gasteiger partial charge is 0.387 e. The molecule has 154 valence electrons. The van der Waals surface area contributed by atoms with Crippen molar-refractivity contribution in [3.05, 3.63) is 102 Å². The Balaban J connectivity index is 1.76. The molecule has 3 aromatic carbocycles. The zero-order valence-corrected chi connectivity index (χ0v) is 15.7. The molecular weight excluding hydrogens is 394 g/mol. The molecule has 7 heteroatoms. The molecule has 0 atom stereocenters. The largest absolute Gasteiger partial charge is 0.455 e. The van der Waals surface area contributed by atoms with E-state index in [1.807, 2.05) is 0 Å². The minimum atomic E-state index is -2.97. The summed E-state index contributed by atoms with van der Waals surface area (Å²) >= 11 is 0. The quantitative estimate of drug-likeness (QED) is 0.448. The molecule has 0 saturated heterocycles. The molecule has 0 saturated carbocycles. The third-order valence-electron chi connectivity index (χ3n) is 4.41. The van der Waals surface area contributed by atoms with Gasteiger partial charge in [0.25, 0.3) is 0 Å². The molecule has 0 spiro atoms. The number of rotatable bonds is 8. The van der Waals surface area contributed by atoms with Crippen LogP contribution in [0.25, 0.3) is 0 Å². The van der Waals surface area contributed by atoms with Crippen LogP contribution in [0.15, 0.2) is 84.9 Å². The molecule has 3 aromatic rings. The molecule has 0 amide bonds. The van der Waals surface area contributed by atoms with Gasteiger partial charge >= 0.3 is 12.6 Å². The molecule has 0 heterocycles. The number of Topliss-reactive ketones (excluding diaryl/α,β-unsaturated/α-hetero) is 1. The van der Waals surface area contributed by atoms with Crippen molar-refractivity contribution >= 4 is 11.8 Å². The van der Waals surface area contributed by atoms with Crippen LogP contribution in [0.5, 0.6) is 5.75 Å². The van der Waals surface area contributed by atoms with E-state index in [2.05, 4.69) is 4.74 Å². The summed E-state index contributed by atoms with van der Waals surface area (Å²) in [6.45, 7) is -3.60. The Morgan fingerprint density at radius 1 is 0.833 bits per heavy atom. The lowest BCUT2D eigenvalue weighted by Crippen LogP contribution is -2.39. The van der Waals surface area contributed by atoms with Gasteiger partial charge in [0.1, 0.15) is 5.75 Å². The van der Waals surface area contributed by atoms with Gasteiger partial charge in [-0.25, -0.2) is 4.79 Å². The topological polar surface area (TPSA) is 72.8 Å². The third kappa shape index (κ3) is 4.69. The van der Waals surface area contributed by atoms with Crippen LogP contribution in [0.2, 0.25) is 0 Å². The van der Waals surface area contributed by atoms with Crippen molar-refractivity contribution in [1.82, 2.24) is 0 Å². The van der Waals surface area contributed by atoms with Crippen LogP contribution in [0.3, 0.4) is 0 Å². The molecule has 0 fully saturated rings. The van der Waals surface area contributed by atoms with Gasteiger partial charge in [-0.05, 0) is 35.4 Å². The van der Waals surface area contributed by atoms with Crippen LogP contribution in [-0.2, 0) is 15.1 Å². The zero-order chi connectivity index (χ0) is 21.6. The summed E-state index contributed by atoms with van der Waals surface area (Å²) in [6.07, 6.45) is 0. The average Bonchev–Trinajstić information content (AvgIpc) is 2.78. The molecule has 0 bridgehead atoms. The Hall–Kier alpha value is -3.58. The SMILES string of the molecule is O=C(COC(=O)C(O)(c1ccccc1)c1ccccc1)c1ccc(OC(F)F)cc1. The highest BCUT2D eigenvalue weighted by Gasteiger charge is 2.41. The first-order valence-corrected chi connectivity index (χ1v) is 9.00. The van der Waals surface area contributed by atoms with E-state index in [0.717, 1.165) is 0 Å². The van der Waals surface area contributed by atoms with Gasteiger partial charge < -0.3 is 14.6 Å². The number of hydrogen-bond donors (Lipinski definition) is 1. The van der Waals surface area contributed by atoms with Crippen LogP contribution in [-0.4, -0.2) is 30.1 Å². The van der Waals surface area contributed by atoms with Crippen molar-refractivity contribution in [3.63, 3.8) is 0 Å². The maximum Gasteiger partial charge on any atom is 0.387 e. The second-order valence-corrected chi connectivity index (χ2v) is 6.34. The van der Waals surface area contributed by atoms with E-state index in [0.29, 0.717) is 11.1 Å². The highest BCUT2D eigenvalue weighted by molar-refractivity contribution is 5.98. The predicted molar refractivity (Wildman–Crippen MR) is 104 cm³/mol. The first-order chi connectivity index (χ1) is 14.4. The number of ether oxygens (including phenoxy) is 2. The van der Waals surface area contributed by atoms with Gasteiger partial charge in [-0.1, -0.05) is 60.7 Å². The number of carbonyl (C=O) groups is 2. The summed E-state index contributed by atoms with van der Waals surface area (Å²) < 4.78 is 33.8. The van der Waals surface area contributed by atoms with Crippen LogP contribution >= 0.6 is 0 Å². The maximum absolute atomic E-state index is 12.8. The zero-order valence-electron chi connectivity index (χ0n) is 15.7. The number of esters is 1. The Morgan fingerprint density at radius 3 is 1.80 bits per heavy atom. The van der Waals surface area contributed by atoms with E-state index < -0.39 is 30.6 Å². The fourth-order valence-corrected chi connectivity index (χ4v) is 2.90. The molecule has 30 heavy (non-hydrogen) atoms. The van der Waals surface area contributed by atoms with E-state index in [1.54, 1.807) is 60.7 Å². The summed E-state index contributed by atoms with van der Waals surface area (Å²) in [5, 5.41) is 11.3. The summed E-state index contributed by atoms with van der Waals surface area (Å²) in [5.74, 6) is -1.66. The highest BCUT2D eigenvalue weighted by Crippen LogP contribution is 2.31. The predicted octanol–water partition coefficient (Wildman–Crippen LogP) is 3.95. The lowest BCUT2D eigenvalue weighted by molar-refractivity contribution is -0.160. The normalized spacial score (nSPS) is 11.2. The summed E-state index contributed by atoms with van der Waals surface area (Å²) in [6, 6.07) is 21.5. The van der Waals surface area contributed by atoms with E-state index in [-0.39, 0.29) is 11.3 Å². The summed E-state index contributed by atoms with van der Waals surface area (Å²) in [4.78, 5) is 25.2. The van der Waals surface area contributed by atoms with Gasteiger partial charge in [-0.3, -0.25) is 4.79 Å². The number of alkyl halides is 2. The lowest BCUT2D eigenvalue weighted by atomic mass is 9.86. The van der Waals surface area contributed by atoms with Crippen LogP contribution in [0.1, 0.15) is 21.5 Å². The van der Waals surface area contributed by atoms with Gasteiger partial charge in [0.15, 0.2) is 12.4 Å². The van der Waals surface area contributed by atoms with Gasteiger partial charge in [0.2, 0.25) is 5.60 Å². The number of halogens is 2. The Labute approximate surface area is 171 Å². The number of hydrogen-bond acceptors (Lipinski definition) is 5. The molecule has 0 unspecified atom stereocenters. The van der Waals surface area contributed by atoms with Crippen LogP contribution in [0.4, 0.5) is 8.78 Å². The molecule has 5 nitrogen and oxygen atoms in total. The molecular formula is C23H18F2O5. The second-order valence-electron chi connectivity index (χ2n) is 6.34.